The van der Waals surface area contributed by atoms with E-state index in [1.807, 2.05) is 0 Å². The average Bonchev–Trinajstić information content (AvgIpc) is 2.44. The number of hydrogen-bond donors (Lipinski definition) is 6. The molecule has 2 rings (SSSR count). The second-order valence-electron chi connectivity index (χ2n) is 5.13. The maximum absolute atomic E-state index is 11.1. The number of carbonyl (C=O) groups is 2. The predicted octanol–water partition coefficient (Wildman–Crippen LogP) is -1.33. The second kappa shape index (κ2) is 4.86. The Hall–Kier alpha value is -2.84. The van der Waals surface area contributed by atoms with Crippen molar-refractivity contribution < 1.29 is 19.8 Å². The molecule has 0 heterocycles. The summed E-state index contributed by atoms with van der Waals surface area (Å²) in [5.41, 5.74) is 20.3. The first-order valence-electron chi connectivity index (χ1n) is 6.24. The van der Waals surface area contributed by atoms with Gasteiger partial charge >= 0.3 is 11.9 Å². The third kappa shape index (κ3) is 2.20. The lowest BCUT2D eigenvalue weighted by Crippen LogP contribution is -2.51. The first-order chi connectivity index (χ1) is 10.1. The molecule has 2 aliphatic rings. The van der Waals surface area contributed by atoms with E-state index in [0.717, 1.165) is 0 Å². The van der Waals surface area contributed by atoms with Gasteiger partial charge in [0, 0.05) is 11.4 Å². The van der Waals surface area contributed by atoms with Crippen molar-refractivity contribution in [2.24, 2.45) is 22.9 Å². The minimum Gasteiger partial charge on any atom is -0.479 e. The Labute approximate surface area is 125 Å². The van der Waals surface area contributed by atoms with Crippen LogP contribution in [0.1, 0.15) is 0 Å². The van der Waals surface area contributed by atoms with Gasteiger partial charge in [0.25, 0.3) is 0 Å². The van der Waals surface area contributed by atoms with Crippen LogP contribution in [0.5, 0.6) is 0 Å². The van der Waals surface area contributed by atoms with Crippen molar-refractivity contribution in [2.75, 3.05) is 0 Å². The van der Waals surface area contributed by atoms with Gasteiger partial charge in [0.15, 0.2) is 11.1 Å². The van der Waals surface area contributed by atoms with E-state index in [9.17, 15) is 9.59 Å². The van der Waals surface area contributed by atoms with Crippen molar-refractivity contribution in [2.45, 2.75) is 11.1 Å². The predicted molar refractivity (Wildman–Crippen MR) is 79.0 cm³/mol. The summed E-state index contributed by atoms with van der Waals surface area (Å²) in [6.07, 6.45) is 8.29. The Bertz CT molecular complexity index is 656. The molecule has 8 heteroatoms. The number of aliphatic carboxylic acids is 2. The molecule has 2 aliphatic carbocycles. The fraction of sp³-hybridized carbons (Fsp3) is 0.143. The lowest BCUT2D eigenvalue weighted by atomic mass is 9.84. The van der Waals surface area contributed by atoms with E-state index in [0.29, 0.717) is 11.1 Å². The van der Waals surface area contributed by atoms with Crippen LogP contribution in [0.15, 0.2) is 59.0 Å². The molecular weight excluding hydrogens is 288 g/mol. The standard InChI is InChI=1S/C14H16N4O4/c15-9-5-7(1-3-13(9,17)11(19)20)8-2-4-14(18,12(21)22)10(16)6-8/h1-6H,15-18H2,(H,19,20)(H,21,22). The Morgan fingerprint density at radius 3 is 1.36 bits per heavy atom. The summed E-state index contributed by atoms with van der Waals surface area (Å²) in [6.45, 7) is 0. The molecule has 0 aromatic carbocycles. The summed E-state index contributed by atoms with van der Waals surface area (Å²) >= 11 is 0. The van der Waals surface area contributed by atoms with Crippen molar-refractivity contribution >= 4 is 11.9 Å². The van der Waals surface area contributed by atoms with E-state index in [1.165, 1.54) is 36.5 Å². The third-order valence-electron chi connectivity index (χ3n) is 3.67. The molecule has 0 saturated carbocycles. The fourth-order valence-electron chi connectivity index (χ4n) is 2.05. The summed E-state index contributed by atoms with van der Waals surface area (Å²) in [6, 6.07) is 0. The number of rotatable bonds is 2. The van der Waals surface area contributed by atoms with Crippen molar-refractivity contribution in [1.29, 1.82) is 0 Å². The average molecular weight is 304 g/mol. The summed E-state index contributed by atoms with van der Waals surface area (Å²) in [7, 11) is 0. The minimum absolute atomic E-state index is 0.0480. The number of carboxylic acids is 2. The molecule has 8 nitrogen and oxygen atoms in total. The largest absolute Gasteiger partial charge is 0.479 e. The molecule has 116 valence electrons. The summed E-state index contributed by atoms with van der Waals surface area (Å²) in [5, 5.41) is 18.2. The Balaban J connectivity index is 2.45. The number of carboxylic acid groups (broad SMARTS) is 2. The molecule has 0 fully saturated rings. The smallest absolute Gasteiger partial charge is 0.333 e. The van der Waals surface area contributed by atoms with Crippen LogP contribution >= 0.6 is 0 Å². The highest BCUT2D eigenvalue weighted by Gasteiger charge is 2.38. The normalized spacial score (nSPS) is 34.1. The maximum atomic E-state index is 11.1. The molecule has 0 bridgehead atoms. The number of allylic oxidation sites excluding steroid dienone is 6. The van der Waals surface area contributed by atoms with E-state index < -0.39 is 23.0 Å². The molecule has 0 aliphatic heterocycles. The monoisotopic (exact) mass is 304 g/mol. The van der Waals surface area contributed by atoms with Crippen molar-refractivity contribution in [3.8, 4) is 0 Å². The summed E-state index contributed by atoms with van der Waals surface area (Å²) in [5.74, 6) is -2.55. The lowest BCUT2D eigenvalue weighted by molar-refractivity contribution is -0.141. The fourth-order valence-corrected chi connectivity index (χ4v) is 2.05. The third-order valence-corrected chi connectivity index (χ3v) is 3.67. The van der Waals surface area contributed by atoms with Gasteiger partial charge in [-0.3, -0.25) is 0 Å². The van der Waals surface area contributed by atoms with Gasteiger partial charge in [-0.15, -0.1) is 0 Å². The van der Waals surface area contributed by atoms with Crippen LogP contribution in [-0.2, 0) is 9.59 Å². The number of nitrogens with two attached hydrogens (primary N) is 4. The van der Waals surface area contributed by atoms with E-state index in [1.54, 1.807) is 0 Å². The zero-order valence-electron chi connectivity index (χ0n) is 11.5. The summed E-state index contributed by atoms with van der Waals surface area (Å²) in [4.78, 5) is 22.3. The van der Waals surface area contributed by atoms with Crippen LogP contribution in [0.3, 0.4) is 0 Å². The molecule has 0 saturated heterocycles. The van der Waals surface area contributed by atoms with E-state index >= 15 is 0 Å². The van der Waals surface area contributed by atoms with E-state index in [4.69, 9.17) is 33.1 Å². The molecule has 0 aromatic rings. The van der Waals surface area contributed by atoms with Gasteiger partial charge in [0.05, 0.1) is 0 Å². The number of hydrogen-bond acceptors (Lipinski definition) is 6. The van der Waals surface area contributed by atoms with Crippen LogP contribution in [0.4, 0.5) is 0 Å². The Morgan fingerprint density at radius 2 is 1.14 bits per heavy atom. The van der Waals surface area contributed by atoms with Crippen molar-refractivity contribution in [1.82, 2.24) is 0 Å². The topological polar surface area (TPSA) is 179 Å². The first-order valence-corrected chi connectivity index (χ1v) is 6.24. The molecule has 0 amide bonds. The SMILES string of the molecule is NC1=CC(=C2C=CC(N)(C(=O)O)C(N)=C2)C=CC1(N)C(=O)O. The Morgan fingerprint density at radius 1 is 0.818 bits per heavy atom. The van der Waals surface area contributed by atoms with Crippen LogP contribution < -0.4 is 22.9 Å². The second-order valence-corrected chi connectivity index (χ2v) is 5.13. The van der Waals surface area contributed by atoms with Crippen LogP contribution in [0.2, 0.25) is 0 Å². The van der Waals surface area contributed by atoms with Gasteiger partial charge in [0.1, 0.15) is 0 Å². The molecule has 2 atom stereocenters. The quantitative estimate of drug-likeness (QED) is 0.363. The highest BCUT2D eigenvalue weighted by molar-refractivity contribution is 5.88. The summed E-state index contributed by atoms with van der Waals surface area (Å²) < 4.78 is 0. The molecule has 0 aromatic heterocycles. The minimum atomic E-state index is -1.77. The zero-order valence-corrected chi connectivity index (χ0v) is 11.5. The molecule has 10 N–H and O–H groups in total. The lowest BCUT2D eigenvalue weighted by Gasteiger charge is -2.27. The molecule has 0 radical (unpaired) electrons. The van der Waals surface area contributed by atoms with Gasteiger partial charge in [-0.2, -0.15) is 0 Å². The molecule has 2 unspecified atom stereocenters. The highest BCUT2D eigenvalue weighted by Crippen LogP contribution is 2.28. The van der Waals surface area contributed by atoms with Crippen LogP contribution in [0, 0.1) is 0 Å². The van der Waals surface area contributed by atoms with Gasteiger partial charge in [0.2, 0.25) is 0 Å². The van der Waals surface area contributed by atoms with Gasteiger partial charge in [-0.1, -0.05) is 12.2 Å². The van der Waals surface area contributed by atoms with Gasteiger partial charge < -0.3 is 33.1 Å². The molecular formula is C14H16N4O4. The highest BCUT2D eigenvalue weighted by atomic mass is 16.4. The van der Waals surface area contributed by atoms with E-state index in [2.05, 4.69) is 0 Å². The van der Waals surface area contributed by atoms with Gasteiger partial charge in [-0.05, 0) is 35.5 Å². The van der Waals surface area contributed by atoms with E-state index in [-0.39, 0.29) is 11.4 Å². The van der Waals surface area contributed by atoms with Crippen LogP contribution in [-0.4, -0.2) is 33.2 Å². The van der Waals surface area contributed by atoms with Crippen LogP contribution in [0.25, 0.3) is 0 Å². The van der Waals surface area contributed by atoms with Gasteiger partial charge in [-0.25, -0.2) is 9.59 Å². The van der Waals surface area contributed by atoms with Crippen molar-refractivity contribution in [3.63, 3.8) is 0 Å². The zero-order chi connectivity index (χ0) is 16.7. The molecule has 0 spiro atoms. The first kappa shape index (κ1) is 15.5. The maximum Gasteiger partial charge on any atom is 0.333 e. The van der Waals surface area contributed by atoms with Crippen molar-refractivity contribution in [3.05, 3.63) is 59.0 Å². The molecule has 22 heavy (non-hydrogen) atoms. The Kier molecular flexibility index (Phi) is 3.44.